The van der Waals surface area contributed by atoms with Gasteiger partial charge < -0.3 is 10.2 Å². The molecular weight excluding hydrogens is 212 g/mol. The third-order valence-corrected chi connectivity index (χ3v) is 2.35. The number of hydrogen-bond acceptors (Lipinski definition) is 5. The summed E-state index contributed by atoms with van der Waals surface area (Å²) >= 11 is 0. The Morgan fingerprint density at radius 2 is 2.38 bits per heavy atom. The Morgan fingerprint density at radius 1 is 1.50 bits per heavy atom. The second-order valence-corrected chi connectivity index (χ2v) is 3.49. The number of nitrogens with zero attached hydrogens (tertiary/aromatic N) is 5. The molecule has 2 amide bonds. The average Bonchev–Trinajstić information content (AvgIpc) is 2.66. The summed E-state index contributed by atoms with van der Waals surface area (Å²) in [6.45, 7) is 1.60. The fourth-order valence-corrected chi connectivity index (χ4v) is 1.51. The van der Waals surface area contributed by atoms with Gasteiger partial charge in [-0.25, -0.2) is 4.68 Å². The highest BCUT2D eigenvalue weighted by atomic mass is 16.2. The van der Waals surface area contributed by atoms with E-state index in [9.17, 15) is 9.59 Å². The number of amides is 2. The molecule has 1 aromatic rings. The molecule has 0 bridgehead atoms. The van der Waals surface area contributed by atoms with Crippen LogP contribution in [0.5, 0.6) is 0 Å². The Balaban J connectivity index is 1.91. The highest BCUT2D eigenvalue weighted by Crippen LogP contribution is 1.98. The number of tetrazole rings is 1. The van der Waals surface area contributed by atoms with Crippen LogP contribution in [0.2, 0.25) is 0 Å². The molecule has 1 aromatic heterocycles. The highest BCUT2D eigenvalue weighted by Gasteiger charge is 2.18. The van der Waals surface area contributed by atoms with E-state index >= 15 is 0 Å². The quantitative estimate of drug-likeness (QED) is 0.628. The molecule has 1 aliphatic heterocycles. The van der Waals surface area contributed by atoms with Gasteiger partial charge in [-0.05, 0) is 10.4 Å². The molecule has 16 heavy (non-hydrogen) atoms. The molecule has 8 heteroatoms. The van der Waals surface area contributed by atoms with Crippen LogP contribution < -0.4 is 5.32 Å². The summed E-state index contributed by atoms with van der Waals surface area (Å²) in [5, 5.41) is 13.2. The van der Waals surface area contributed by atoms with Crippen molar-refractivity contribution in [3.8, 4) is 0 Å². The third kappa shape index (κ3) is 2.53. The van der Waals surface area contributed by atoms with Crippen molar-refractivity contribution in [2.24, 2.45) is 0 Å². The van der Waals surface area contributed by atoms with E-state index in [4.69, 9.17) is 0 Å². The molecule has 0 atom stereocenters. The first-order chi connectivity index (χ1) is 7.75. The van der Waals surface area contributed by atoms with Gasteiger partial charge in [0.2, 0.25) is 11.8 Å². The van der Waals surface area contributed by atoms with Crippen LogP contribution >= 0.6 is 0 Å². The van der Waals surface area contributed by atoms with E-state index in [-0.39, 0.29) is 18.4 Å². The van der Waals surface area contributed by atoms with Crippen LogP contribution in [0.15, 0.2) is 6.33 Å². The fourth-order valence-electron chi connectivity index (χ4n) is 1.51. The maximum Gasteiger partial charge on any atom is 0.244 e. The van der Waals surface area contributed by atoms with Crippen LogP contribution in [0, 0.1) is 0 Å². The molecule has 0 aromatic carbocycles. The molecule has 0 aliphatic carbocycles. The third-order valence-electron chi connectivity index (χ3n) is 2.35. The van der Waals surface area contributed by atoms with E-state index in [1.54, 1.807) is 4.90 Å². The number of nitrogens with one attached hydrogen (secondary N) is 1. The molecule has 1 aliphatic rings. The van der Waals surface area contributed by atoms with Crippen molar-refractivity contribution >= 4 is 11.8 Å². The maximum atomic E-state index is 11.8. The average molecular weight is 224 g/mol. The Labute approximate surface area is 91.6 Å². The Morgan fingerprint density at radius 3 is 3.12 bits per heavy atom. The van der Waals surface area contributed by atoms with Gasteiger partial charge >= 0.3 is 0 Å². The molecule has 1 fully saturated rings. The molecule has 2 rings (SSSR count). The first-order valence-electron chi connectivity index (χ1n) is 5.01. The lowest BCUT2D eigenvalue weighted by Crippen LogP contribution is -2.36. The smallest absolute Gasteiger partial charge is 0.244 e. The molecule has 0 saturated carbocycles. The Hall–Kier alpha value is -1.99. The van der Waals surface area contributed by atoms with E-state index in [1.807, 2.05) is 0 Å². The normalized spacial score (nSPS) is 16.8. The number of carbonyl (C=O) groups is 2. The Bertz CT molecular complexity index is 376. The van der Waals surface area contributed by atoms with E-state index in [0.717, 1.165) is 0 Å². The topological polar surface area (TPSA) is 93.0 Å². The zero-order valence-corrected chi connectivity index (χ0v) is 8.67. The predicted octanol–water partition coefficient (Wildman–Crippen LogP) is -1.98. The summed E-state index contributed by atoms with van der Waals surface area (Å²) in [6.07, 6.45) is 1.74. The van der Waals surface area contributed by atoms with Gasteiger partial charge in [0.25, 0.3) is 0 Å². The molecule has 86 valence electrons. The second-order valence-electron chi connectivity index (χ2n) is 3.49. The SMILES string of the molecule is O=C1CCN(C(=O)Cn2cnnn2)CCN1. The molecular formula is C8H12N6O2. The summed E-state index contributed by atoms with van der Waals surface area (Å²) in [7, 11) is 0. The van der Waals surface area contributed by atoms with Gasteiger partial charge in [-0.2, -0.15) is 0 Å². The Kier molecular flexibility index (Phi) is 3.08. The van der Waals surface area contributed by atoms with Gasteiger partial charge in [-0.15, -0.1) is 5.10 Å². The van der Waals surface area contributed by atoms with Crippen molar-refractivity contribution in [1.82, 2.24) is 30.4 Å². The van der Waals surface area contributed by atoms with E-state index in [1.165, 1.54) is 11.0 Å². The van der Waals surface area contributed by atoms with Crippen LogP contribution in [0.3, 0.4) is 0 Å². The van der Waals surface area contributed by atoms with Gasteiger partial charge in [0.1, 0.15) is 12.9 Å². The van der Waals surface area contributed by atoms with Crippen molar-refractivity contribution in [3.05, 3.63) is 6.33 Å². The highest BCUT2D eigenvalue weighted by molar-refractivity contribution is 5.79. The minimum Gasteiger partial charge on any atom is -0.354 e. The summed E-state index contributed by atoms with van der Waals surface area (Å²) in [4.78, 5) is 24.5. The summed E-state index contributed by atoms with van der Waals surface area (Å²) in [5.41, 5.74) is 0. The lowest BCUT2D eigenvalue weighted by atomic mass is 10.3. The zero-order chi connectivity index (χ0) is 11.4. The van der Waals surface area contributed by atoms with E-state index in [0.29, 0.717) is 26.1 Å². The fraction of sp³-hybridized carbons (Fsp3) is 0.625. The van der Waals surface area contributed by atoms with Crippen molar-refractivity contribution in [2.75, 3.05) is 19.6 Å². The standard InChI is InChI=1S/C8H12N6O2/c15-7-1-3-13(4-2-9-7)8(16)5-14-6-10-11-12-14/h6H,1-5H2,(H,9,15). The molecule has 8 nitrogen and oxygen atoms in total. The summed E-state index contributed by atoms with van der Waals surface area (Å²) < 4.78 is 1.36. The van der Waals surface area contributed by atoms with Crippen LogP contribution in [-0.2, 0) is 16.1 Å². The van der Waals surface area contributed by atoms with Gasteiger partial charge in [0.15, 0.2) is 0 Å². The monoisotopic (exact) mass is 224 g/mol. The van der Waals surface area contributed by atoms with Crippen LogP contribution in [-0.4, -0.2) is 56.6 Å². The van der Waals surface area contributed by atoms with Gasteiger partial charge in [-0.1, -0.05) is 0 Å². The minimum absolute atomic E-state index is 0.0160. The zero-order valence-electron chi connectivity index (χ0n) is 8.67. The molecule has 0 spiro atoms. The molecule has 0 radical (unpaired) electrons. The van der Waals surface area contributed by atoms with Crippen LogP contribution in [0.4, 0.5) is 0 Å². The van der Waals surface area contributed by atoms with Gasteiger partial charge in [0.05, 0.1) is 0 Å². The molecule has 1 saturated heterocycles. The van der Waals surface area contributed by atoms with Crippen LogP contribution in [0.1, 0.15) is 6.42 Å². The van der Waals surface area contributed by atoms with Gasteiger partial charge in [0, 0.05) is 26.1 Å². The maximum absolute atomic E-state index is 11.8. The number of rotatable bonds is 2. The summed E-state index contributed by atoms with van der Waals surface area (Å²) in [5.74, 6) is -0.0958. The lowest BCUT2D eigenvalue weighted by Gasteiger charge is -2.18. The minimum atomic E-state index is -0.0798. The van der Waals surface area contributed by atoms with Crippen molar-refractivity contribution in [3.63, 3.8) is 0 Å². The number of hydrogen-bond donors (Lipinski definition) is 1. The number of aromatic nitrogens is 4. The first kappa shape index (κ1) is 10.5. The molecule has 0 unspecified atom stereocenters. The summed E-state index contributed by atoms with van der Waals surface area (Å²) in [6, 6.07) is 0. The largest absolute Gasteiger partial charge is 0.354 e. The van der Waals surface area contributed by atoms with Gasteiger partial charge in [-0.3, -0.25) is 9.59 Å². The van der Waals surface area contributed by atoms with Crippen LogP contribution in [0.25, 0.3) is 0 Å². The lowest BCUT2D eigenvalue weighted by molar-refractivity contribution is -0.131. The first-order valence-corrected chi connectivity index (χ1v) is 5.01. The van der Waals surface area contributed by atoms with Crippen molar-refractivity contribution < 1.29 is 9.59 Å². The van der Waals surface area contributed by atoms with Crippen molar-refractivity contribution in [2.45, 2.75) is 13.0 Å². The van der Waals surface area contributed by atoms with Crippen molar-refractivity contribution in [1.29, 1.82) is 0 Å². The molecule has 2 heterocycles. The van der Waals surface area contributed by atoms with E-state index in [2.05, 4.69) is 20.8 Å². The predicted molar refractivity (Wildman–Crippen MR) is 52.0 cm³/mol. The van der Waals surface area contributed by atoms with E-state index < -0.39 is 0 Å². The second kappa shape index (κ2) is 4.69. The number of carbonyl (C=O) groups excluding carboxylic acids is 2. The molecule has 1 N–H and O–H groups in total.